The lowest BCUT2D eigenvalue weighted by atomic mass is 9.91. The molecular formula is C14H19N3O3. The molecule has 1 aromatic carbocycles. The summed E-state index contributed by atoms with van der Waals surface area (Å²) in [4.78, 5) is 24.0. The molecule has 0 bridgehead atoms. The van der Waals surface area contributed by atoms with Gasteiger partial charge in [0.1, 0.15) is 5.69 Å². The number of hydrogen-bond acceptors (Lipinski definition) is 4. The van der Waals surface area contributed by atoms with Crippen molar-refractivity contribution in [3.05, 3.63) is 33.9 Å². The van der Waals surface area contributed by atoms with Gasteiger partial charge in [0, 0.05) is 24.7 Å². The average Bonchev–Trinajstić information content (AvgIpc) is 2.36. The van der Waals surface area contributed by atoms with Crippen molar-refractivity contribution in [2.45, 2.75) is 20.3 Å². The highest BCUT2D eigenvalue weighted by molar-refractivity contribution is 5.94. The molecule has 2 N–H and O–H groups in total. The molecule has 1 fully saturated rings. The third-order valence-corrected chi connectivity index (χ3v) is 3.67. The van der Waals surface area contributed by atoms with Gasteiger partial charge in [-0.25, -0.2) is 0 Å². The lowest BCUT2D eigenvalue weighted by Gasteiger charge is -2.36. The Balaban J connectivity index is 2.40. The van der Waals surface area contributed by atoms with E-state index in [2.05, 4.69) is 13.8 Å². The van der Waals surface area contributed by atoms with Gasteiger partial charge in [0.15, 0.2) is 0 Å². The van der Waals surface area contributed by atoms with Crippen LogP contribution in [0.15, 0.2) is 18.2 Å². The van der Waals surface area contributed by atoms with Crippen LogP contribution in [-0.2, 0) is 0 Å². The highest BCUT2D eigenvalue weighted by Gasteiger charge is 2.27. The van der Waals surface area contributed by atoms with Crippen LogP contribution < -0.4 is 10.6 Å². The molecule has 2 rings (SSSR count). The number of nitro groups is 1. The second kappa shape index (κ2) is 5.48. The number of benzene rings is 1. The summed E-state index contributed by atoms with van der Waals surface area (Å²) in [5, 5.41) is 11.2. The lowest BCUT2D eigenvalue weighted by Crippen LogP contribution is -2.39. The number of anilines is 1. The predicted octanol–water partition coefficient (Wildman–Crippen LogP) is 2.18. The van der Waals surface area contributed by atoms with E-state index in [1.807, 2.05) is 4.90 Å². The maximum atomic E-state index is 11.2. The predicted molar refractivity (Wildman–Crippen MR) is 76.8 cm³/mol. The minimum atomic E-state index is -0.653. The second-order valence-corrected chi connectivity index (χ2v) is 5.68. The molecule has 6 nitrogen and oxygen atoms in total. The Bertz CT molecular complexity index is 534. The molecule has 1 amide bonds. The number of carbonyl (C=O) groups is 1. The molecular weight excluding hydrogens is 258 g/mol. The maximum absolute atomic E-state index is 11.2. The zero-order valence-electron chi connectivity index (χ0n) is 11.7. The number of nitrogens with zero attached hydrogens (tertiary/aromatic N) is 2. The number of nitrogens with two attached hydrogens (primary N) is 1. The van der Waals surface area contributed by atoms with E-state index in [4.69, 9.17) is 5.73 Å². The van der Waals surface area contributed by atoms with Crippen molar-refractivity contribution in [3.63, 3.8) is 0 Å². The van der Waals surface area contributed by atoms with Crippen LogP contribution in [0.25, 0.3) is 0 Å². The highest BCUT2D eigenvalue weighted by Crippen LogP contribution is 2.33. The normalized spacial score (nSPS) is 22.6. The van der Waals surface area contributed by atoms with Gasteiger partial charge in [-0.05, 0) is 30.4 Å². The Morgan fingerprint density at radius 1 is 1.35 bits per heavy atom. The van der Waals surface area contributed by atoms with E-state index < -0.39 is 10.8 Å². The van der Waals surface area contributed by atoms with Gasteiger partial charge in [-0.2, -0.15) is 0 Å². The molecule has 1 heterocycles. The van der Waals surface area contributed by atoms with Gasteiger partial charge in [-0.3, -0.25) is 14.9 Å². The zero-order valence-corrected chi connectivity index (χ0v) is 11.7. The van der Waals surface area contributed by atoms with Crippen LogP contribution in [0.3, 0.4) is 0 Å². The molecule has 20 heavy (non-hydrogen) atoms. The molecule has 0 spiro atoms. The fourth-order valence-corrected chi connectivity index (χ4v) is 2.95. The first-order valence-corrected chi connectivity index (χ1v) is 6.71. The summed E-state index contributed by atoms with van der Waals surface area (Å²) >= 11 is 0. The van der Waals surface area contributed by atoms with E-state index in [0.29, 0.717) is 17.5 Å². The molecule has 108 valence electrons. The number of nitro benzene ring substituents is 1. The van der Waals surface area contributed by atoms with Crippen molar-refractivity contribution in [1.29, 1.82) is 0 Å². The van der Waals surface area contributed by atoms with Crippen molar-refractivity contribution in [1.82, 2.24) is 0 Å². The maximum Gasteiger partial charge on any atom is 0.293 e. The standard InChI is InChI=1S/C14H19N3O3/c1-9-5-10(2)8-16(7-9)12-4-3-11(14(15)18)6-13(12)17(19)20/h3-4,6,9-10H,5,7-8H2,1-2H3,(H2,15,18)/t9-,10+. The zero-order chi connectivity index (χ0) is 14.9. The second-order valence-electron chi connectivity index (χ2n) is 5.68. The number of amides is 1. The van der Waals surface area contributed by atoms with Crippen molar-refractivity contribution >= 4 is 17.3 Å². The Hall–Kier alpha value is -2.11. The summed E-state index contributed by atoms with van der Waals surface area (Å²) in [5.41, 5.74) is 5.86. The number of rotatable bonds is 3. The Labute approximate surface area is 117 Å². The van der Waals surface area contributed by atoms with E-state index in [0.717, 1.165) is 19.5 Å². The topological polar surface area (TPSA) is 89.5 Å². The summed E-state index contributed by atoms with van der Waals surface area (Å²) in [6.45, 7) is 5.88. The number of carbonyl (C=O) groups excluding carboxylic acids is 1. The molecule has 0 unspecified atom stereocenters. The summed E-state index contributed by atoms with van der Waals surface area (Å²) in [6, 6.07) is 4.44. The smallest absolute Gasteiger partial charge is 0.293 e. The van der Waals surface area contributed by atoms with Gasteiger partial charge in [0.25, 0.3) is 5.69 Å². The van der Waals surface area contributed by atoms with Gasteiger partial charge in [-0.15, -0.1) is 0 Å². The molecule has 0 aliphatic carbocycles. The molecule has 6 heteroatoms. The fourth-order valence-electron chi connectivity index (χ4n) is 2.95. The largest absolute Gasteiger partial charge is 0.366 e. The molecule has 1 aromatic rings. The van der Waals surface area contributed by atoms with Crippen LogP contribution in [0, 0.1) is 22.0 Å². The number of piperidine rings is 1. The van der Waals surface area contributed by atoms with Crippen molar-refractivity contribution in [2.24, 2.45) is 17.6 Å². The molecule has 1 saturated heterocycles. The van der Waals surface area contributed by atoms with E-state index in [1.54, 1.807) is 12.1 Å². The monoisotopic (exact) mass is 277 g/mol. The van der Waals surface area contributed by atoms with Gasteiger partial charge in [0.05, 0.1) is 4.92 Å². The highest BCUT2D eigenvalue weighted by atomic mass is 16.6. The summed E-state index contributed by atoms with van der Waals surface area (Å²) < 4.78 is 0. The average molecular weight is 277 g/mol. The van der Waals surface area contributed by atoms with Crippen molar-refractivity contribution < 1.29 is 9.72 Å². The van der Waals surface area contributed by atoms with Gasteiger partial charge in [0.2, 0.25) is 5.91 Å². The van der Waals surface area contributed by atoms with Gasteiger partial charge in [-0.1, -0.05) is 13.8 Å². The summed E-state index contributed by atoms with van der Waals surface area (Å²) in [7, 11) is 0. The van der Waals surface area contributed by atoms with E-state index in [9.17, 15) is 14.9 Å². The molecule has 0 aromatic heterocycles. The molecule has 0 saturated carbocycles. The van der Waals surface area contributed by atoms with Gasteiger partial charge >= 0.3 is 0 Å². The SMILES string of the molecule is C[C@@H]1C[C@H](C)CN(c2ccc(C(N)=O)cc2[N+](=O)[O-])C1. The third-order valence-electron chi connectivity index (χ3n) is 3.67. The van der Waals surface area contributed by atoms with E-state index in [1.165, 1.54) is 6.07 Å². The Kier molecular flexibility index (Phi) is 3.92. The van der Waals surface area contributed by atoms with Crippen LogP contribution >= 0.6 is 0 Å². The minimum absolute atomic E-state index is 0.0531. The summed E-state index contributed by atoms with van der Waals surface area (Å²) in [5.74, 6) is 0.336. The lowest BCUT2D eigenvalue weighted by molar-refractivity contribution is -0.384. The quantitative estimate of drug-likeness (QED) is 0.677. The first-order chi connectivity index (χ1) is 9.38. The first-order valence-electron chi connectivity index (χ1n) is 6.71. The fraction of sp³-hybridized carbons (Fsp3) is 0.500. The number of primary amides is 1. The van der Waals surface area contributed by atoms with E-state index >= 15 is 0 Å². The Morgan fingerprint density at radius 2 is 1.95 bits per heavy atom. The van der Waals surface area contributed by atoms with Crippen LogP contribution in [0.1, 0.15) is 30.6 Å². The number of hydrogen-bond donors (Lipinski definition) is 1. The molecule has 0 radical (unpaired) electrons. The third kappa shape index (κ3) is 2.89. The Morgan fingerprint density at radius 3 is 2.45 bits per heavy atom. The van der Waals surface area contributed by atoms with Crippen LogP contribution in [-0.4, -0.2) is 23.9 Å². The minimum Gasteiger partial charge on any atom is -0.366 e. The van der Waals surface area contributed by atoms with Crippen LogP contribution in [0.4, 0.5) is 11.4 Å². The summed E-state index contributed by atoms with van der Waals surface area (Å²) in [6.07, 6.45) is 1.13. The van der Waals surface area contributed by atoms with E-state index in [-0.39, 0.29) is 11.3 Å². The molecule has 2 atom stereocenters. The van der Waals surface area contributed by atoms with Gasteiger partial charge < -0.3 is 10.6 Å². The van der Waals surface area contributed by atoms with Crippen LogP contribution in [0.2, 0.25) is 0 Å². The van der Waals surface area contributed by atoms with Crippen molar-refractivity contribution in [3.8, 4) is 0 Å². The van der Waals surface area contributed by atoms with Crippen LogP contribution in [0.5, 0.6) is 0 Å². The first kappa shape index (κ1) is 14.3. The molecule has 1 aliphatic heterocycles. The molecule has 1 aliphatic rings. The van der Waals surface area contributed by atoms with Crippen molar-refractivity contribution in [2.75, 3.05) is 18.0 Å².